The molecule has 1 aliphatic rings. The summed E-state index contributed by atoms with van der Waals surface area (Å²) in [5, 5.41) is 8.90. The van der Waals surface area contributed by atoms with Crippen LogP contribution in [0.25, 0.3) is 0 Å². The van der Waals surface area contributed by atoms with Crippen molar-refractivity contribution in [1.82, 2.24) is 4.90 Å². The molecule has 1 aromatic rings. The highest BCUT2D eigenvalue weighted by Crippen LogP contribution is 2.37. The second kappa shape index (κ2) is 7.40. The summed E-state index contributed by atoms with van der Waals surface area (Å²) < 4.78 is 49.3. The quantitative estimate of drug-likeness (QED) is 0.833. The summed E-state index contributed by atoms with van der Waals surface area (Å²) in [6.45, 7) is 1.03. The fourth-order valence-electron chi connectivity index (χ4n) is 2.82. The largest absolute Gasteiger partial charge is 0.497 e. The molecule has 2 rings (SSSR count). The van der Waals surface area contributed by atoms with Crippen molar-refractivity contribution < 1.29 is 27.8 Å². The fraction of sp³-hybridized carbons (Fsp3) is 0.625. The van der Waals surface area contributed by atoms with E-state index in [9.17, 15) is 13.2 Å². The van der Waals surface area contributed by atoms with E-state index in [0.29, 0.717) is 23.5 Å². The molecule has 23 heavy (non-hydrogen) atoms. The zero-order chi connectivity index (χ0) is 17.0. The van der Waals surface area contributed by atoms with Crippen LogP contribution in [0.5, 0.6) is 11.5 Å². The van der Waals surface area contributed by atoms with Gasteiger partial charge in [0.25, 0.3) is 0 Å². The molecule has 0 aromatic heterocycles. The lowest BCUT2D eigenvalue weighted by Gasteiger charge is -2.24. The van der Waals surface area contributed by atoms with Crippen molar-refractivity contribution in [3.8, 4) is 11.5 Å². The smallest absolute Gasteiger partial charge is 0.401 e. The number of hydrogen-bond donors (Lipinski definition) is 1. The number of nitrogens with zero attached hydrogens (tertiary/aromatic N) is 1. The third kappa shape index (κ3) is 5.00. The molecule has 1 aliphatic heterocycles. The molecule has 1 atom stereocenters. The number of methoxy groups -OCH3 is 1. The Bertz CT molecular complexity index is 534. The van der Waals surface area contributed by atoms with Crippen molar-refractivity contribution >= 4 is 0 Å². The summed E-state index contributed by atoms with van der Waals surface area (Å²) in [7, 11) is 1.53. The Morgan fingerprint density at radius 3 is 2.74 bits per heavy atom. The molecule has 0 aliphatic carbocycles. The van der Waals surface area contributed by atoms with Gasteiger partial charge >= 0.3 is 6.18 Å². The van der Waals surface area contributed by atoms with Gasteiger partial charge < -0.3 is 14.6 Å². The molecular formula is C16H22F3NO3. The number of halogens is 3. The zero-order valence-corrected chi connectivity index (χ0v) is 13.3. The van der Waals surface area contributed by atoms with Crippen LogP contribution in [0.2, 0.25) is 0 Å². The van der Waals surface area contributed by atoms with Gasteiger partial charge in [0.1, 0.15) is 17.6 Å². The van der Waals surface area contributed by atoms with Crippen LogP contribution in [-0.4, -0.2) is 49.1 Å². The SMILES string of the molecule is COc1cc2c(c(CN(CCCO)CC(F)(F)F)c1)OC(C)C2. The minimum atomic E-state index is -4.29. The van der Waals surface area contributed by atoms with Crippen molar-refractivity contribution in [3.63, 3.8) is 0 Å². The minimum Gasteiger partial charge on any atom is -0.497 e. The van der Waals surface area contributed by atoms with Gasteiger partial charge in [0.15, 0.2) is 0 Å². The fourth-order valence-corrected chi connectivity index (χ4v) is 2.82. The molecular weight excluding hydrogens is 311 g/mol. The summed E-state index contributed by atoms with van der Waals surface area (Å²) in [4.78, 5) is 1.28. The summed E-state index contributed by atoms with van der Waals surface area (Å²) in [5.74, 6) is 1.28. The molecule has 0 spiro atoms. The van der Waals surface area contributed by atoms with Gasteiger partial charge in [-0.25, -0.2) is 0 Å². The maximum absolute atomic E-state index is 12.8. The minimum absolute atomic E-state index is 0.00404. The van der Waals surface area contributed by atoms with Crippen LogP contribution in [0, 0.1) is 0 Å². The second-order valence-electron chi connectivity index (χ2n) is 5.81. The van der Waals surface area contributed by atoms with E-state index in [-0.39, 0.29) is 25.8 Å². The van der Waals surface area contributed by atoms with E-state index >= 15 is 0 Å². The summed E-state index contributed by atoms with van der Waals surface area (Å²) in [5.41, 5.74) is 1.65. The van der Waals surface area contributed by atoms with Crippen LogP contribution in [0.15, 0.2) is 12.1 Å². The predicted molar refractivity (Wildman–Crippen MR) is 79.8 cm³/mol. The highest BCUT2D eigenvalue weighted by molar-refractivity contribution is 5.49. The number of benzene rings is 1. The first kappa shape index (κ1) is 17.9. The molecule has 0 amide bonds. The van der Waals surface area contributed by atoms with Gasteiger partial charge in [0, 0.05) is 37.2 Å². The van der Waals surface area contributed by atoms with E-state index in [1.807, 2.05) is 13.0 Å². The van der Waals surface area contributed by atoms with Gasteiger partial charge in [-0.05, 0) is 25.5 Å². The van der Waals surface area contributed by atoms with E-state index in [1.54, 1.807) is 6.07 Å². The number of rotatable bonds is 7. The van der Waals surface area contributed by atoms with Crippen molar-refractivity contribution in [3.05, 3.63) is 23.3 Å². The highest BCUT2D eigenvalue weighted by atomic mass is 19.4. The Morgan fingerprint density at radius 1 is 1.39 bits per heavy atom. The van der Waals surface area contributed by atoms with Gasteiger partial charge in [-0.1, -0.05) is 0 Å². The van der Waals surface area contributed by atoms with Crippen LogP contribution in [0.1, 0.15) is 24.5 Å². The lowest BCUT2D eigenvalue weighted by atomic mass is 10.1. The van der Waals surface area contributed by atoms with Crippen LogP contribution >= 0.6 is 0 Å². The molecule has 1 N–H and O–H groups in total. The lowest BCUT2D eigenvalue weighted by Crippen LogP contribution is -2.35. The molecule has 0 fully saturated rings. The molecule has 130 valence electrons. The molecule has 0 radical (unpaired) electrons. The lowest BCUT2D eigenvalue weighted by molar-refractivity contribution is -0.147. The molecule has 0 bridgehead atoms. The van der Waals surface area contributed by atoms with Crippen LogP contribution in [0.3, 0.4) is 0 Å². The number of aliphatic hydroxyl groups is 1. The van der Waals surface area contributed by atoms with Gasteiger partial charge in [-0.2, -0.15) is 13.2 Å². The number of alkyl halides is 3. The Hall–Kier alpha value is -1.47. The van der Waals surface area contributed by atoms with Crippen LogP contribution in [0.4, 0.5) is 13.2 Å². The first-order chi connectivity index (χ1) is 10.8. The van der Waals surface area contributed by atoms with E-state index in [0.717, 1.165) is 12.0 Å². The Kier molecular flexibility index (Phi) is 5.75. The molecule has 0 saturated carbocycles. The van der Waals surface area contributed by atoms with E-state index < -0.39 is 12.7 Å². The average molecular weight is 333 g/mol. The maximum atomic E-state index is 12.8. The molecule has 1 aromatic carbocycles. The molecule has 4 nitrogen and oxygen atoms in total. The second-order valence-corrected chi connectivity index (χ2v) is 5.81. The van der Waals surface area contributed by atoms with E-state index in [1.165, 1.54) is 12.0 Å². The maximum Gasteiger partial charge on any atom is 0.401 e. The predicted octanol–water partition coefficient (Wildman–Crippen LogP) is 2.77. The number of fused-ring (bicyclic) bond motifs is 1. The summed E-state index contributed by atoms with van der Waals surface area (Å²) in [6, 6.07) is 3.59. The van der Waals surface area contributed by atoms with Crippen LogP contribution < -0.4 is 9.47 Å². The molecule has 1 heterocycles. The molecule has 7 heteroatoms. The van der Waals surface area contributed by atoms with Crippen molar-refractivity contribution in [2.75, 3.05) is 26.8 Å². The number of hydrogen-bond acceptors (Lipinski definition) is 4. The first-order valence-electron chi connectivity index (χ1n) is 7.59. The van der Waals surface area contributed by atoms with Gasteiger partial charge in [-0.15, -0.1) is 0 Å². The van der Waals surface area contributed by atoms with Crippen molar-refractivity contribution in [2.45, 2.75) is 38.6 Å². The van der Waals surface area contributed by atoms with Crippen molar-refractivity contribution in [2.24, 2.45) is 0 Å². The average Bonchev–Trinajstić information content (AvgIpc) is 2.83. The van der Waals surface area contributed by atoms with E-state index in [4.69, 9.17) is 14.6 Å². The third-order valence-corrected chi connectivity index (χ3v) is 3.71. The van der Waals surface area contributed by atoms with Gasteiger partial charge in [0.2, 0.25) is 0 Å². The highest BCUT2D eigenvalue weighted by Gasteiger charge is 2.32. The standard InChI is InChI=1S/C16H22F3NO3/c1-11-6-12-7-14(22-2)8-13(15(12)23-11)9-20(4-3-5-21)10-16(17,18)19/h7-8,11,21H,3-6,9-10H2,1-2H3. The van der Waals surface area contributed by atoms with Crippen LogP contribution in [-0.2, 0) is 13.0 Å². The van der Waals surface area contributed by atoms with Gasteiger partial charge in [-0.3, -0.25) is 4.90 Å². The van der Waals surface area contributed by atoms with Gasteiger partial charge in [0.05, 0.1) is 13.7 Å². The Balaban J connectivity index is 2.23. The summed E-state index contributed by atoms with van der Waals surface area (Å²) >= 11 is 0. The van der Waals surface area contributed by atoms with Crippen molar-refractivity contribution in [1.29, 1.82) is 0 Å². The third-order valence-electron chi connectivity index (χ3n) is 3.71. The Morgan fingerprint density at radius 2 is 2.13 bits per heavy atom. The topological polar surface area (TPSA) is 41.9 Å². The summed E-state index contributed by atoms with van der Waals surface area (Å²) in [6.07, 6.45) is -3.27. The molecule has 1 unspecified atom stereocenters. The zero-order valence-electron chi connectivity index (χ0n) is 13.3. The number of ether oxygens (including phenoxy) is 2. The Labute approximate surface area is 133 Å². The first-order valence-corrected chi connectivity index (χ1v) is 7.59. The monoisotopic (exact) mass is 333 g/mol. The van der Waals surface area contributed by atoms with E-state index in [2.05, 4.69) is 0 Å². The number of aliphatic hydroxyl groups excluding tert-OH is 1. The molecule has 0 saturated heterocycles. The normalized spacial score (nSPS) is 17.3.